The van der Waals surface area contributed by atoms with Crippen molar-refractivity contribution in [1.29, 1.82) is 0 Å². The smallest absolute Gasteiger partial charge is 0.223 e. The topological polar surface area (TPSA) is 41.6 Å². The van der Waals surface area contributed by atoms with Gasteiger partial charge in [0.2, 0.25) is 5.91 Å². The summed E-state index contributed by atoms with van der Waals surface area (Å²) < 4.78 is 5.93. The summed E-state index contributed by atoms with van der Waals surface area (Å²) in [4.78, 5) is 14.9. The minimum absolute atomic E-state index is 0.103. The summed E-state index contributed by atoms with van der Waals surface area (Å²) in [5.41, 5.74) is 3.96. The molecule has 1 fully saturated rings. The molecule has 1 N–H and O–H groups in total. The van der Waals surface area contributed by atoms with Crippen LogP contribution in [0.1, 0.15) is 63.1 Å². The lowest BCUT2D eigenvalue weighted by molar-refractivity contribution is -0.124. The highest BCUT2D eigenvalue weighted by atomic mass is 16.5. The van der Waals surface area contributed by atoms with Crippen molar-refractivity contribution in [3.63, 3.8) is 0 Å². The maximum absolute atomic E-state index is 12.6. The molecule has 1 amide bonds. The number of carbonyl (C=O) groups is 1. The Bertz CT molecular complexity index is 994. The minimum Gasteiger partial charge on any atom is -0.494 e. The third-order valence-electron chi connectivity index (χ3n) is 6.78. The molecule has 1 saturated heterocycles. The number of benzene rings is 2. The molecule has 4 heteroatoms. The quantitative estimate of drug-likeness (QED) is 0.596. The van der Waals surface area contributed by atoms with Crippen molar-refractivity contribution >= 4 is 17.7 Å². The number of hydrogen-bond donors (Lipinski definition) is 1. The van der Waals surface area contributed by atoms with Crippen LogP contribution >= 0.6 is 0 Å². The number of carbonyl (C=O) groups excluding carboxylic acids is 1. The highest BCUT2D eigenvalue weighted by molar-refractivity contribution is 5.84. The van der Waals surface area contributed by atoms with Crippen LogP contribution in [0.15, 0.2) is 48.5 Å². The van der Waals surface area contributed by atoms with Crippen LogP contribution in [0.25, 0.3) is 6.08 Å². The van der Waals surface area contributed by atoms with Crippen LogP contribution in [-0.2, 0) is 10.2 Å². The van der Waals surface area contributed by atoms with Crippen molar-refractivity contribution in [2.75, 3.05) is 18.1 Å². The molecule has 0 saturated carbocycles. The molecule has 0 radical (unpaired) electrons. The first-order valence-electron chi connectivity index (χ1n) is 11.5. The number of ether oxygens (including phenoxy) is 1. The molecule has 2 aromatic carbocycles. The van der Waals surface area contributed by atoms with Gasteiger partial charge in [-0.1, -0.05) is 69.5 Å². The van der Waals surface area contributed by atoms with E-state index in [1.165, 1.54) is 29.7 Å². The van der Waals surface area contributed by atoms with Crippen LogP contribution in [0.3, 0.4) is 0 Å². The largest absolute Gasteiger partial charge is 0.494 e. The molecular weight excluding hydrogens is 384 g/mol. The van der Waals surface area contributed by atoms with Gasteiger partial charge in [0.15, 0.2) is 0 Å². The Balaban J connectivity index is 1.65. The van der Waals surface area contributed by atoms with Crippen LogP contribution in [0.2, 0.25) is 0 Å². The number of fused-ring (bicyclic) bond motifs is 3. The van der Waals surface area contributed by atoms with Crippen molar-refractivity contribution in [2.45, 2.75) is 64.5 Å². The zero-order chi connectivity index (χ0) is 22.1. The number of anilines is 1. The molecule has 2 heterocycles. The maximum Gasteiger partial charge on any atom is 0.223 e. The van der Waals surface area contributed by atoms with Gasteiger partial charge in [-0.15, -0.1) is 0 Å². The van der Waals surface area contributed by atoms with Crippen molar-refractivity contribution < 1.29 is 9.53 Å². The van der Waals surface area contributed by atoms with E-state index in [1.807, 2.05) is 12.1 Å². The fourth-order valence-corrected chi connectivity index (χ4v) is 4.93. The van der Waals surface area contributed by atoms with Gasteiger partial charge in [-0.25, -0.2) is 0 Å². The Hall–Kier alpha value is -2.75. The van der Waals surface area contributed by atoms with Gasteiger partial charge >= 0.3 is 0 Å². The molecule has 1 unspecified atom stereocenters. The van der Waals surface area contributed by atoms with E-state index in [1.54, 1.807) is 0 Å². The summed E-state index contributed by atoms with van der Waals surface area (Å²) in [7, 11) is 0. The second-order valence-electron chi connectivity index (χ2n) is 9.32. The molecule has 0 bridgehead atoms. The normalized spacial score (nSPS) is 21.7. The fraction of sp³-hybridized carbons (Fsp3) is 0.444. The SMILES string of the molecule is CCCCCOc1cccc(/C=C/C23NC(=O)CCN2c2ccc(C)cc2C3(C)C)c1. The van der Waals surface area contributed by atoms with Crippen LogP contribution in [0, 0.1) is 6.92 Å². The lowest BCUT2D eigenvalue weighted by atomic mass is 9.74. The van der Waals surface area contributed by atoms with Gasteiger partial charge in [-0.2, -0.15) is 0 Å². The van der Waals surface area contributed by atoms with Gasteiger partial charge in [0.1, 0.15) is 11.4 Å². The van der Waals surface area contributed by atoms with Gasteiger partial charge in [0.25, 0.3) is 0 Å². The number of nitrogens with one attached hydrogen (secondary N) is 1. The fourth-order valence-electron chi connectivity index (χ4n) is 4.93. The van der Waals surface area contributed by atoms with Crippen molar-refractivity contribution in [3.05, 3.63) is 65.2 Å². The molecule has 2 aliphatic heterocycles. The summed E-state index contributed by atoms with van der Waals surface area (Å²) in [6.07, 6.45) is 8.26. The van der Waals surface area contributed by atoms with Crippen LogP contribution in [-0.4, -0.2) is 24.7 Å². The first kappa shape index (κ1) is 21.5. The van der Waals surface area contributed by atoms with Gasteiger partial charge < -0.3 is 15.0 Å². The summed E-state index contributed by atoms with van der Waals surface area (Å²) in [5.74, 6) is 0.997. The first-order valence-corrected chi connectivity index (χ1v) is 11.5. The van der Waals surface area contributed by atoms with E-state index >= 15 is 0 Å². The molecule has 4 rings (SSSR count). The lowest BCUT2D eigenvalue weighted by Gasteiger charge is -2.49. The van der Waals surface area contributed by atoms with Crippen LogP contribution in [0.4, 0.5) is 5.69 Å². The number of hydrogen-bond acceptors (Lipinski definition) is 3. The Labute approximate surface area is 186 Å². The summed E-state index contributed by atoms with van der Waals surface area (Å²) in [6.45, 7) is 10.2. The number of aryl methyl sites for hydroxylation is 1. The molecule has 2 aliphatic rings. The molecule has 2 aromatic rings. The van der Waals surface area contributed by atoms with E-state index in [9.17, 15) is 4.79 Å². The standard InChI is InChI=1S/C27H34N2O2/c1-5-6-7-17-31-22-10-8-9-21(19-22)13-15-27-26(3,4)23-18-20(2)11-12-24(23)29(27)16-14-25(30)28-27/h8-13,15,18-19H,5-7,14,16-17H2,1-4H3,(H,28,30)/b15-13+. The molecule has 0 aliphatic carbocycles. The molecule has 0 spiro atoms. The van der Waals surface area contributed by atoms with Crippen LogP contribution < -0.4 is 15.0 Å². The van der Waals surface area contributed by atoms with Gasteiger partial charge in [-0.05, 0) is 48.7 Å². The third kappa shape index (κ3) is 3.84. The average Bonchev–Trinajstić information content (AvgIpc) is 2.93. The monoisotopic (exact) mass is 418 g/mol. The van der Waals surface area contributed by atoms with Crippen LogP contribution in [0.5, 0.6) is 5.75 Å². The van der Waals surface area contributed by atoms with Gasteiger partial charge in [-0.3, -0.25) is 4.79 Å². The Morgan fingerprint density at radius 1 is 1.16 bits per heavy atom. The van der Waals surface area contributed by atoms with Crippen molar-refractivity contribution in [2.24, 2.45) is 0 Å². The molecule has 0 aromatic heterocycles. The second kappa shape index (κ2) is 8.41. The average molecular weight is 419 g/mol. The molecule has 164 valence electrons. The predicted octanol–water partition coefficient (Wildman–Crippen LogP) is 5.59. The highest BCUT2D eigenvalue weighted by Crippen LogP contribution is 2.52. The van der Waals surface area contributed by atoms with E-state index in [0.717, 1.165) is 30.9 Å². The van der Waals surface area contributed by atoms with E-state index < -0.39 is 5.66 Å². The first-order chi connectivity index (χ1) is 14.9. The molecule has 1 atom stereocenters. The highest BCUT2D eigenvalue weighted by Gasteiger charge is 2.57. The molecule has 4 nitrogen and oxygen atoms in total. The Kier molecular flexibility index (Phi) is 5.83. The van der Waals surface area contributed by atoms with Crippen molar-refractivity contribution in [1.82, 2.24) is 5.32 Å². The minimum atomic E-state index is -0.587. The third-order valence-corrected chi connectivity index (χ3v) is 6.78. The van der Waals surface area contributed by atoms with E-state index in [0.29, 0.717) is 6.42 Å². The Morgan fingerprint density at radius 3 is 2.81 bits per heavy atom. The van der Waals surface area contributed by atoms with Crippen molar-refractivity contribution in [3.8, 4) is 5.75 Å². The maximum atomic E-state index is 12.6. The number of nitrogens with zero attached hydrogens (tertiary/aromatic N) is 1. The van der Waals surface area contributed by atoms with Gasteiger partial charge in [0.05, 0.1) is 6.61 Å². The van der Waals surface area contributed by atoms with E-state index in [2.05, 4.69) is 80.4 Å². The molecule has 31 heavy (non-hydrogen) atoms. The Morgan fingerprint density at radius 2 is 2.00 bits per heavy atom. The summed E-state index contributed by atoms with van der Waals surface area (Å²) in [6, 6.07) is 14.8. The van der Waals surface area contributed by atoms with E-state index in [4.69, 9.17) is 4.74 Å². The summed E-state index contributed by atoms with van der Waals surface area (Å²) in [5, 5.41) is 3.35. The molecular formula is C27H34N2O2. The summed E-state index contributed by atoms with van der Waals surface area (Å²) >= 11 is 0. The zero-order valence-electron chi connectivity index (χ0n) is 19.2. The number of amides is 1. The lowest BCUT2D eigenvalue weighted by Crippen LogP contribution is -2.68. The van der Waals surface area contributed by atoms with Gasteiger partial charge in [0, 0.05) is 24.1 Å². The van der Waals surface area contributed by atoms with E-state index in [-0.39, 0.29) is 11.3 Å². The number of rotatable bonds is 7. The second-order valence-corrected chi connectivity index (χ2v) is 9.32. The zero-order valence-corrected chi connectivity index (χ0v) is 19.2. The number of unbranched alkanes of at least 4 members (excludes halogenated alkanes) is 2. The predicted molar refractivity (Wildman–Crippen MR) is 128 cm³/mol.